The van der Waals surface area contributed by atoms with Crippen molar-refractivity contribution >= 4 is 5.91 Å². The minimum absolute atomic E-state index is 0.0462. The number of rotatable bonds is 65. The van der Waals surface area contributed by atoms with E-state index in [1.807, 2.05) is 0 Å². The van der Waals surface area contributed by atoms with Gasteiger partial charge >= 0.3 is 0 Å². The van der Waals surface area contributed by atoms with Gasteiger partial charge in [0, 0.05) is 6.42 Å². The van der Waals surface area contributed by atoms with E-state index in [9.17, 15) is 15.0 Å². The van der Waals surface area contributed by atoms with Gasteiger partial charge in [0.05, 0.1) is 18.8 Å². The molecule has 0 aromatic carbocycles. The van der Waals surface area contributed by atoms with Crippen LogP contribution in [0.3, 0.4) is 0 Å². The van der Waals surface area contributed by atoms with Crippen molar-refractivity contribution in [2.75, 3.05) is 6.61 Å². The smallest absolute Gasteiger partial charge is 0.220 e. The van der Waals surface area contributed by atoms with Crippen LogP contribution in [0.5, 0.6) is 0 Å². The summed E-state index contributed by atoms with van der Waals surface area (Å²) in [6.45, 7) is 4.26. The van der Waals surface area contributed by atoms with Crippen molar-refractivity contribution in [2.45, 2.75) is 360 Å². The highest BCUT2D eigenvalue weighted by Gasteiger charge is 2.20. The summed E-state index contributed by atoms with van der Waals surface area (Å²) in [5.41, 5.74) is 0. The maximum Gasteiger partial charge on any atom is 0.220 e. The Morgan fingerprint density at radius 3 is 0.805 bits per heavy atom. The van der Waals surface area contributed by atoms with Crippen LogP contribution in [0.25, 0.3) is 0 Å². The van der Waals surface area contributed by atoms with Crippen molar-refractivity contribution in [3.8, 4) is 0 Å². The third-order valence-corrected chi connectivity index (χ3v) is 16.0. The quantitative estimate of drug-likeness (QED) is 0.0420. The predicted octanol–water partition coefficient (Wildman–Crippen LogP) is 24.7. The number of amides is 1. The highest BCUT2D eigenvalue weighted by molar-refractivity contribution is 5.76. The molecular weight excluding hydrogens is 999 g/mol. The molecule has 0 aromatic heterocycles. The molecule has 4 nitrogen and oxygen atoms in total. The van der Waals surface area contributed by atoms with Crippen LogP contribution in [-0.4, -0.2) is 34.9 Å². The van der Waals surface area contributed by atoms with E-state index >= 15 is 0 Å². The molecule has 0 aliphatic carbocycles. The second kappa shape index (κ2) is 72.1. The Balaban J connectivity index is 3.53. The topological polar surface area (TPSA) is 69.6 Å². The minimum Gasteiger partial charge on any atom is -0.394 e. The van der Waals surface area contributed by atoms with Crippen LogP contribution < -0.4 is 5.32 Å². The van der Waals surface area contributed by atoms with E-state index in [1.165, 1.54) is 218 Å². The molecule has 3 N–H and O–H groups in total. The molecule has 0 aliphatic rings. The molecular formula is C78H137NO3. The molecule has 0 aromatic rings. The highest BCUT2D eigenvalue weighted by atomic mass is 16.3. The fourth-order valence-corrected chi connectivity index (χ4v) is 10.6. The van der Waals surface area contributed by atoms with Crippen LogP contribution in [0.1, 0.15) is 348 Å². The minimum atomic E-state index is -0.677. The van der Waals surface area contributed by atoms with Crippen LogP contribution >= 0.6 is 0 Å². The van der Waals surface area contributed by atoms with E-state index in [0.29, 0.717) is 12.8 Å². The molecule has 2 unspecified atom stereocenters. The first kappa shape index (κ1) is 78.8. The van der Waals surface area contributed by atoms with E-state index in [0.717, 1.165) is 103 Å². The van der Waals surface area contributed by atoms with E-state index in [-0.39, 0.29) is 12.5 Å². The normalized spacial score (nSPS) is 13.5. The number of carbonyl (C=O) groups excluding carboxylic acids is 1. The number of aliphatic hydroxyl groups excluding tert-OH is 2. The third-order valence-electron chi connectivity index (χ3n) is 16.0. The molecule has 2 atom stereocenters. The standard InChI is InChI=1S/C78H137NO3/c1-3-5-7-9-11-13-15-17-19-21-23-25-27-29-31-33-35-37-38-39-40-42-44-46-48-50-52-54-56-58-60-62-64-66-68-70-72-74-78(82)79-76(75-80)77(81)73-71-69-67-65-63-61-59-57-55-53-51-49-47-45-43-41-36-34-32-30-28-26-24-22-20-18-16-14-12-10-8-6-4-2/h5,7,11,13,17,19,23,25,29,31,35,37,39-40,44,46,50,52,56,58,76-77,80-81H,3-4,6,8-10,12,14-16,18,20-22,24,26-28,30,32-34,36,38,41-43,45,47-49,51,53-55,57,59-75H2,1-2H3,(H,79,82)/b7-5-,13-11-,19-17-,25-23-,31-29-,37-35-,40-39-,46-44-,52-50-,58-56-. The van der Waals surface area contributed by atoms with Crippen molar-refractivity contribution in [2.24, 2.45) is 0 Å². The first-order valence-corrected chi connectivity index (χ1v) is 35.7. The lowest BCUT2D eigenvalue weighted by molar-refractivity contribution is -0.123. The zero-order chi connectivity index (χ0) is 59.1. The van der Waals surface area contributed by atoms with Gasteiger partial charge in [0.1, 0.15) is 0 Å². The van der Waals surface area contributed by atoms with E-state index in [2.05, 4.69) is 141 Å². The predicted molar refractivity (Wildman–Crippen MR) is 368 cm³/mol. The second-order valence-corrected chi connectivity index (χ2v) is 23.9. The Hall–Kier alpha value is -3.21. The van der Waals surface area contributed by atoms with Gasteiger partial charge in [-0.2, -0.15) is 0 Å². The van der Waals surface area contributed by atoms with Gasteiger partial charge in [-0.25, -0.2) is 0 Å². The molecule has 0 radical (unpaired) electrons. The average Bonchev–Trinajstić information content (AvgIpc) is 3.50. The number of carbonyl (C=O) groups is 1. The molecule has 0 heterocycles. The van der Waals surface area contributed by atoms with Gasteiger partial charge in [0.25, 0.3) is 0 Å². The van der Waals surface area contributed by atoms with Gasteiger partial charge in [-0.3, -0.25) is 4.79 Å². The summed E-state index contributed by atoms with van der Waals surface area (Å²) in [7, 11) is 0. The van der Waals surface area contributed by atoms with Crippen molar-refractivity contribution in [1.82, 2.24) is 5.32 Å². The number of unbranched alkanes of at least 4 members (excludes halogenated alkanes) is 38. The molecule has 0 bridgehead atoms. The van der Waals surface area contributed by atoms with E-state index < -0.39 is 12.1 Å². The van der Waals surface area contributed by atoms with Crippen LogP contribution in [0, 0.1) is 0 Å². The van der Waals surface area contributed by atoms with Gasteiger partial charge in [0.15, 0.2) is 0 Å². The summed E-state index contributed by atoms with van der Waals surface area (Å²) in [5.74, 6) is -0.0462. The summed E-state index contributed by atoms with van der Waals surface area (Å²) < 4.78 is 0. The van der Waals surface area contributed by atoms with Gasteiger partial charge in [-0.15, -0.1) is 0 Å². The molecule has 0 fully saturated rings. The van der Waals surface area contributed by atoms with Crippen LogP contribution in [0.2, 0.25) is 0 Å². The van der Waals surface area contributed by atoms with Gasteiger partial charge in [-0.05, 0) is 89.9 Å². The number of nitrogens with one attached hydrogen (secondary N) is 1. The average molecular weight is 1140 g/mol. The Kier molecular flexibility index (Phi) is 69.2. The number of hydrogen-bond donors (Lipinski definition) is 3. The number of allylic oxidation sites excluding steroid dienone is 20. The van der Waals surface area contributed by atoms with Gasteiger partial charge in [-0.1, -0.05) is 373 Å². The van der Waals surface area contributed by atoms with E-state index in [1.54, 1.807) is 0 Å². The summed E-state index contributed by atoms with van der Waals surface area (Å²) >= 11 is 0. The van der Waals surface area contributed by atoms with E-state index in [4.69, 9.17) is 0 Å². The lowest BCUT2D eigenvalue weighted by atomic mass is 10.0. The molecule has 4 heteroatoms. The Morgan fingerprint density at radius 2 is 0.537 bits per heavy atom. The molecule has 0 saturated carbocycles. The van der Waals surface area contributed by atoms with Gasteiger partial charge in [0.2, 0.25) is 5.91 Å². The molecule has 82 heavy (non-hydrogen) atoms. The lowest BCUT2D eigenvalue weighted by Crippen LogP contribution is -2.45. The summed E-state index contributed by atoms with van der Waals surface area (Å²) in [6.07, 6.45) is 110. The van der Waals surface area contributed by atoms with Gasteiger partial charge < -0.3 is 15.5 Å². The van der Waals surface area contributed by atoms with Crippen LogP contribution in [-0.2, 0) is 4.79 Å². The monoisotopic (exact) mass is 1140 g/mol. The van der Waals surface area contributed by atoms with Crippen LogP contribution in [0.4, 0.5) is 0 Å². The second-order valence-electron chi connectivity index (χ2n) is 23.9. The molecule has 0 rings (SSSR count). The zero-order valence-corrected chi connectivity index (χ0v) is 54.5. The first-order chi connectivity index (χ1) is 40.7. The SMILES string of the molecule is CC/C=C\C/C=C\C/C=C\C/C=C\C/C=C\C/C=C\C/C=C\C/C=C\C/C=C\C/C=C\CCCCCCCCC(=O)NC(CO)C(O)CCCCCCCCCCCCCCCCCCCCCCCCCCCCCCCCCCC. The Labute approximate surface area is 511 Å². The molecule has 1 amide bonds. The largest absolute Gasteiger partial charge is 0.394 e. The Bertz CT molecular complexity index is 1570. The van der Waals surface area contributed by atoms with Crippen molar-refractivity contribution < 1.29 is 15.0 Å². The summed E-state index contributed by atoms with van der Waals surface area (Å²) in [5, 5.41) is 23.5. The molecule has 472 valence electrons. The Morgan fingerprint density at radius 1 is 0.305 bits per heavy atom. The zero-order valence-electron chi connectivity index (χ0n) is 54.5. The number of hydrogen-bond acceptors (Lipinski definition) is 3. The van der Waals surface area contributed by atoms with Crippen molar-refractivity contribution in [1.29, 1.82) is 0 Å². The number of aliphatic hydroxyl groups is 2. The third kappa shape index (κ3) is 67.6. The summed E-state index contributed by atoms with van der Waals surface area (Å²) in [4.78, 5) is 12.6. The fourth-order valence-electron chi connectivity index (χ4n) is 10.6. The maximum absolute atomic E-state index is 12.6. The van der Waals surface area contributed by atoms with Crippen molar-refractivity contribution in [3.05, 3.63) is 122 Å². The van der Waals surface area contributed by atoms with Crippen LogP contribution in [0.15, 0.2) is 122 Å². The van der Waals surface area contributed by atoms with Crippen molar-refractivity contribution in [3.63, 3.8) is 0 Å². The molecule has 0 saturated heterocycles. The molecule has 0 spiro atoms. The first-order valence-electron chi connectivity index (χ1n) is 35.7. The maximum atomic E-state index is 12.6. The fraction of sp³-hybridized carbons (Fsp3) is 0.731. The summed E-state index contributed by atoms with van der Waals surface area (Å²) in [6, 6.07) is -0.556. The molecule has 0 aliphatic heterocycles. The highest BCUT2D eigenvalue weighted by Crippen LogP contribution is 2.18. The lowest BCUT2D eigenvalue weighted by Gasteiger charge is -2.22.